The summed E-state index contributed by atoms with van der Waals surface area (Å²) in [6, 6.07) is 11.0. The Hall–Kier alpha value is -2.41. The molecule has 0 bridgehead atoms. The highest BCUT2D eigenvalue weighted by atomic mass is 32.2. The molecule has 0 aliphatic carbocycles. The first-order chi connectivity index (χ1) is 12.0. The summed E-state index contributed by atoms with van der Waals surface area (Å²) >= 11 is 0. The molecule has 2 rings (SSSR count). The van der Waals surface area contributed by atoms with Crippen molar-refractivity contribution < 1.29 is 8.42 Å². The second-order valence-electron chi connectivity index (χ2n) is 5.70. The van der Waals surface area contributed by atoms with Gasteiger partial charge in [0.2, 0.25) is 0 Å². The summed E-state index contributed by atoms with van der Waals surface area (Å²) in [6.07, 6.45) is 6.50. The van der Waals surface area contributed by atoms with Gasteiger partial charge in [-0.25, -0.2) is 8.42 Å². The van der Waals surface area contributed by atoms with Crippen LogP contribution in [0.2, 0.25) is 0 Å². The van der Waals surface area contributed by atoms with Gasteiger partial charge in [0.05, 0.1) is 4.90 Å². The molecule has 1 heterocycles. The number of aliphatic imine (C=N–C) groups is 1. The van der Waals surface area contributed by atoms with Crippen LogP contribution in [0.1, 0.15) is 11.1 Å². The van der Waals surface area contributed by atoms with E-state index in [0.29, 0.717) is 11.4 Å². The third-order valence-corrected chi connectivity index (χ3v) is 4.84. The van der Waals surface area contributed by atoms with Gasteiger partial charge in [-0.3, -0.25) is 9.98 Å². The van der Waals surface area contributed by atoms with Crippen LogP contribution in [-0.2, 0) is 22.7 Å². The fraction of sp³-hybridized carbons (Fsp3) is 0.333. The predicted molar refractivity (Wildman–Crippen MR) is 101 cm³/mol. The van der Waals surface area contributed by atoms with E-state index >= 15 is 0 Å². The molecule has 1 aromatic carbocycles. The van der Waals surface area contributed by atoms with Crippen molar-refractivity contribution in [3.63, 3.8) is 0 Å². The molecule has 0 atom stereocenters. The van der Waals surface area contributed by atoms with E-state index in [2.05, 4.69) is 20.6 Å². The molecule has 2 N–H and O–H groups in total. The van der Waals surface area contributed by atoms with Crippen LogP contribution in [-0.4, -0.2) is 45.8 Å². The summed E-state index contributed by atoms with van der Waals surface area (Å²) < 4.78 is 22.9. The molecule has 25 heavy (non-hydrogen) atoms. The maximum absolute atomic E-state index is 11.4. The van der Waals surface area contributed by atoms with Gasteiger partial charge in [0, 0.05) is 38.8 Å². The summed E-state index contributed by atoms with van der Waals surface area (Å²) in [4.78, 5) is 8.64. The van der Waals surface area contributed by atoms with Crippen molar-refractivity contribution in [1.82, 2.24) is 15.6 Å². The highest BCUT2D eigenvalue weighted by molar-refractivity contribution is 7.90. The Morgan fingerprint density at radius 2 is 1.68 bits per heavy atom. The molecule has 0 aliphatic rings. The first kappa shape index (κ1) is 18.9. The topological polar surface area (TPSA) is 83.5 Å². The summed E-state index contributed by atoms with van der Waals surface area (Å²) in [7, 11) is -1.40. The van der Waals surface area contributed by atoms with Crippen LogP contribution >= 0.6 is 0 Å². The number of aromatic nitrogens is 1. The number of hydrogen-bond acceptors (Lipinski definition) is 4. The molecule has 0 saturated carbocycles. The summed E-state index contributed by atoms with van der Waals surface area (Å²) in [5, 5.41) is 6.52. The minimum atomic E-state index is -3.14. The summed E-state index contributed by atoms with van der Waals surface area (Å²) in [6.45, 7) is 1.49. The quantitative estimate of drug-likeness (QED) is 0.577. The van der Waals surface area contributed by atoms with Crippen molar-refractivity contribution in [3.8, 4) is 0 Å². The number of nitrogens with one attached hydrogen (secondary N) is 2. The number of guanidine groups is 1. The maximum atomic E-state index is 11.4. The van der Waals surface area contributed by atoms with Crippen LogP contribution in [0.3, 0.4) is 0 Å². The average Bonchev–Trinajstić information content (AvgIpc) is 2.61. The smallest absolute Gasteiger partial charge is 0.190 e. The van der Waals surface area contributed by atoms with Crippen LogP contribution in [0.25, 0.3) is 0 Å². The second-order valence-corrected chi connectivity index (χ2v) is 7.72. The van der Waals surface area contributed by atoms with Gasteiger partial charge in [0.1, 0.15) is 0 Å². The van der Waals surface area contributed by atoms with Gasteiger partial charge in [-0.15, -0.1) is 0 Å². The van der Waals surface area contributed by atoms with Crippen LogP contribution in [0.5, 0.6) is 0 Å². The van der Waals surface area contributed by atoms with E-state index in [1.54, 1.807) is 25.4 Å². The molecule has 1 aromatic heterocycles. The van der Waals surface area contributed by atoms with Crippen LogP contribution in [0.4, 0.5) is 0 Å². The molecule has 0 amide bonds. The summed E-state index contributed by atoms with van der Waals surface area (Å²) in [5.74, 6) is 0.747. The van der Waals surface area contributed by atoms with E-state index in [1.807, 2.05) is 30.5 Å². The monoisotopic (exact) mass is 360 g/mol. The highest BCUT2D eigenvalue weighted by Gasteiger charge is 2.06. The molecule has 0 saturated heterocycles. The van der Waals surface area contributed by atoms with E-state index in [0.717, 1.165) is 30.9 Å². The van der Waals surface area contributed by atoms with E-state index in [1.165, 1.54) is 11.8 Å². The fourth-order valence-corrected chi connectivity index (χ4v) is 2.95. The normalized spacial score (nSPS) is 12.0. The van der Waals surface area contributed by atoms with Crippen LogP contribution < -0.4 is 10.6 Å². The summed E-state index contributed by atoms with van der Waals surface area (Å²) in [5.41, 5.74) is 2.25. The van der Waals surface area contributed by atoms with Crippen molar-refractivity contribution in [3.05, 3.63) is 59.9 Å². The molecule has 0 fully saturated rings. The van der Waals surface area contributed by atoms with Crippen molar-refractivity contribution in [2.45, 2.75) is 17.7 Å². The van der Waals surface area contributed by atoms with E-state index < -0.39 is 9.84 Å². The predicted octanol–water partition coefficient (Wildman–Crippen LogP) is 1.44. The van der Waals surface area contributed by atoms with Gasteiger partial charge < -0.3 is 10.6 Å². The number of rotatable bonds is 7. The number of nitrogens with zero attached hydrogens (tertiary/aromatic N) is 2. The molecule has 0 unspecified atom stereocenters. The zero-order chi connectivity index (χ0) is 18.1. The van der Waals surface area contributed by atoms with E-state index in [-0.39, 0.29) is 0 Å². The lowest BCUT2D eigenvalue weighted by Crippen LogP contribution is -2.39. The maximum Gasteiger partial charge on any atom is 0.190 e. The van der Waals surface area contributed by atoms with Gasteiger partial charge in [0.25, 0.3) is 0 Å². The molecule has 6 nitrogen and oxygen atoms in total. The van der Waals surface area contributed by atoms with Crippen molar-refractivity contribution in [2.24, 2.45) is 4.99 Å². The number of sulfone groups is 1. The van der Waals surface area contributed by atoms with Gasteiger partial charge in [-0.2, -0.15) is 0 Å². The minimum Gasteiger partial charge on any atom is -0.356 e. The lowest BCUT2D eigenvalue weighted by molar-refractivity contribution is 0.602. The Morgan fingerprint density at radius 1 is 1.04 bits per heavy atom. The Morgan fingerprint density at radius 3 is 2.20 bits per heavy atom. The highest BCUT2D eigenvalue weighted by Crippen LogP contribution is 2.10. The molecule has 0 spiro atoms. The third-order valence-electron chi connectivity index (χ3n) is 3.71. The first-order valence-corrected chi connectivity index (χ1v) is 10.0. The molecular formula is C18H24N4O2S. The Labute approximate surface area is 149 Å². The Kier molecular flexibility index (Phi) is 6.94. The van der Waals surface area contributed by atoms with E-state index in [4.69, 9.17) is 0 Å². The second kappa shape index (κ2) is 9.17. The number of pyridine rings is 1. The first-order valence-electron chi connectivity index (χ1n) is 8.11. The van der Waals surface area contributed by atoms with Crippen LogP contribution in [0, 0.1) is 0 Å². The largest absolute Gasteiger partial charge is 0.356 e. The van der Waals surface area contributed by atoms with Crippen molar-refractivity contribution >= 4 is 15.8 Å². The SMILES string of the molecule is CN=C(NCCc1ccc(S(C)(=O)=O)cc1)NCCc1cccnc1. The minimum absolute atomic E-state index is 0.345. The Bertz CT molecular complexity index is 788. The van der Waals surface area contributed by atoms with Crippen molar-refractivity contribution in [2.75, 3.05) is 26.4 Å². The van der Waals surface area contributed by atoms with Gasteiger partial charge >= 0.3 is 0 Å². The molecule has 0 radical (unpaired) electrons. The molecule has 0 aliphatic heterocycles. The number of hydrogen-bond donors (Lipinski definition) is 2. The van der Waals surface area contributed by atoms with Crippen molar-refractivity contribution in [1.29, 1.82) is 0 Å². The number of benzene rings is 1. The molecule has 2 aromatic rings. The standard InChI is InChI=1S/C18H24N4O2S/c1-19-18(22-13-10-16-4-3-11-20-14-16)21-12-9-15-5-7-17(8-6-15)25(2,23)24/h3-8,11,14H,9-10,12-13H2,1-2H3,(H2,19,21,22). The zero-order valence-corrected chi connectivity index (χ0v) is 15.4. The van der Waals surface area contributed by atoms with Gasteiger partial charge in [0.15, 0.2) is 15.8 Å². The van der Waals surface area contributed by atoms with Crippen LogP contribution in [0.15, 0.2) is 58.7 Å². The average molecular weight is 360 g/mol. The molecule has 7 heteroatoms. The van der Waals surface area contributed by atoms with Gasteiger partial charge in [-0.05, 0) is 42.2 Å². The molecule has 134 valence electrons. The fourth-order valence-electron chi connectivity index (χ4n) is 2.32. The lowest BCUT2D eigenvalue weighted by atomic mass is 10.1. The lowest BCUT2D eigenvalue weighted by Gasteiger charge is -2.12. The van der Waals surface area contributed by atoms with Gasteiger partial charge in [-0.1, -0.05) is 18.2 Å². The van der Waals surface area contributed by atoms with E-state index in [9.17, 15) is 8.42 Å². The zero-order valence-electron chi connectivity index (χ0n) is 14.6. The Balaban J connectivity index is 1.73. The molecular weight excluding hydrogens is 336 g/mol. The third kappa shape index (κ3) is 6.54.